The van der Waals surface area contributed by atoms with Gasteiger partial charge >= 0.3 is 0 Å². The smallest absolute Gasteiger partial charge is 0.292 e. The van der Waals surface area contributed by atoms with Gasteiger partial charge in [0.2, 0.25) is 0 Å². The summed E-state index contributed by atoms with van der Waals surface area (Å²) in [5, 5.41) is 18.3. The van der Waals surface area contributed by atoms with Crippen LogP contribution >= 0.6 is 0 Å². The standard InChI is InChI=1S/C13H16N4O2/c1-3-16-7-6-11(15-16)9-14-12-8-10(2)4-5-13(12)17(18)19/h4-8,14H,3,9H2,1-2H3. The molecule has 0 saturated carbocycles. The van der Waals surface area contributed by atoms with Crippen molar-refractivity contribution in [3.8, 4) is 0 Å². The Hall–Kier alpha value is -2.37. The predicted molar refractivity (Wildman–Crippen MR) is 73.1 cm³/mol. The van der Waals surface area contributed by atoms with Crippen molar-refractivity contribution < 1.29 is 4.92 Å². The highest BCUT2D eigenvalue weighted by molar-refractivity contribution is 5.62. The molecule has 1 aromatic heterocycles. The summed E-state index contributed by atoms with van der Waals surface area (Å²) in [6, 6.07) is 6.92. The van der Waals surface area contributed by atoms with Gasteiger partial charge in [0.1, 0.15) is 5.69 Å². The van der Waals surface area contributed by atoms with Crippen molar-refractivity contribution in [2.75, 3.05) is 5.32 Å². The lowest BCUT2D eigenvalue weighted by molar-refractivity contribution is -0.384. The number of anilines is 1. The molecule has 0 aliphatic carbocycles. The molecule has 0 spiro atoms. The van der Waals surface area contributed by atoms with Gasteiger partial charge in [-0.25, -0.2) is 0 Å². The van der Waals surface area contributed by atoms with Crippen molar-refractivity contribution in [1.29, 1.82) is 0 Å². The molecule has 0 fully saturated rings. The number of nitrogens with zero attached hydrogens (tertiary/aromatic N) is 3. The van der Waals surface area contributed by atoms with Crippen LogP contribution in [0, 0.1) is 17.0 Å². The summed E-state index contributed by atoms with van der Waals surface area (Å²) in [5.74, 6) is 0. The van der Waals surface area contributed by atoms with E-state index in [1.165, 1.54) is 6.07 Å². The number of nitro benzene ring substituents is 1. The van der Waals surface area contributed by atoms with Crippen molar-refractivity contribution in [1.82, 2.24) is 9.78 Å². The third-order valence-corrected chi connectivity index (χ3v) is 2.83. The Labute approximate surface area is 111 Å². The van der Waals surface area contributed by atoms with Crippen LogP contribution in [0.5, 0.6) is 0 Å². The monoisotopic (exact) mass is 260 g/mol. The number of aryl methyl sites for hydroxylation is 2. The predicted octanol–water partition coefficient (Wildman–Crippen LogP) is 2.73. The first-order valence-corrected chi connectivity index (χ1v) is 6.11. The minimum Gasteiger partial charge on any atom is -0.374 e. The average molecular weight is 260 g/mol. The van der Waals surface area contributed by atoms with Crippen LogP contribution in [0.25, 0.3) is 0 Å². The van der Waals surface area contributed by atoms with E-state index in [4.69, 9.17) is 0 Å². The number of nitrogens with one attached hydrogen (secondary N) is 1. The SMILES string of the molecule is CCn1ccc(CNc2cc(C)ccc2[N+](=O)[O-])n1. The van der Waals surface area contributed by atoms with E-state index in [0.717, 1.165) is 17.8 Å². The van der Waals surface area contributed by atoms with Gasteiger partial charge in [-0.3, -0.25) is 14.8 Å². The molecule has 100 valence electrons. The molecule has 0 bridgehead atoms. The fourth-order valence-electron chi connectivity index (χ4n) is 1.81. The van der Waals surface area contributed by atoms with Crippen LogP contribution in [-0.4, -0.2) is 14.7 Å². The van der Waals surface area contributed by atoms with E-state index in [1.54, 1.807) is 12.1 Å². The molecule has 0 radical (unpaired) electrons. The summed E-state index contributed by atoms with van der Waals surface area (Å²) in [5.41, 5.74) is 2.45. The van der Waals surface area contributed by atoms with E-state index in [9.17, 15) is 10.1 Å². The van der Waals surface area contributed by atoms with Crippen molar-refractivity contribution in [2.45, 2.75) is 26.9 Å². The highest BCUT2D eigenvalue weighted by Crippen LogP contribution is 2.25. The van der Waals surface area contributed by atoms with Crippen LogP contribution in [0.4, 0.5) is 11.4 Å². The number of aromatic nitrogens is 2. The first-order valence-electron chi connectivity index (χ1n) is 6.11. The van der Waals surface area contributed by atoms with Crippen LogP contribution < -0.4 is 5.32 Å². The second kappa shape index (κ2) is 5.51. The molecule has 2 rings (SSSR count). The number of benzene rings is 1. The lowest BCUT2D eigenvalue weighted by atomic mass is 10.2. The third-order valence-electron chi connectivity index (χ3n) is 2.83. The maximum absolute atomic E-state index is 10.9. The van der Waals surface area contributed by atoms with Gasteiger partial charge in [0.05, 0.1) is 17.2 Å². The highest BCUT2D eigenvalue weighted by Gasteiger charge is 2.13. The molecule has 0 amide bonds. The highest BCUT2D eigenvalue weighted by atomic mass is 16.6. The molecule has 1 N–H and O–H groups in total. The Morgan fingerprint density at radius 3 is 2.84 bits per heavy atom. The Morgan fingerprint density at radius 1 is 1.42 bits per heavy atom. The molecule has 0 saturated heterocycles. The minimum atomic E-state index is -0.383. The van der Waals surface area contributed by atoms with Crippen LogP contribution in [0.15, 0.2) is 30.5 Å². The molecule has 0 unspecified atom stereocenters. The summed E-state index contributed by atoms with van der Waals surface area (Å²) in [4.78, 5) is 10.6. The topological polar surface area (TPSA) is 73.0 Å². The van der Waals surface area contributed by atoms with Gasteiger partial charge in [-0.15, -0.1) is 0 Å². The van der Waals surface area contributed by atoms with Crippen LogP contribution in [-0.2, 0) is 13.1 Å². The zero-order valence-electron chi connectivity index (χ0n) is 11.0. The van der Waals surface area contributed by atoms with Gasteiger partial charge < -0.3 is 5.32 Å². The fraction of sp³-hybridized carbons (Fsp3) is 0.308. The second-order valence-electron chi connectivity index (χ2n) is 4.29. The van der Waals surface area contributed by atoms with Gasteiger partial charge in [0.15, 0.2) is 0 Å². The summed E-state index contributed by atoms with van der Waals surface area (Å²) in [7, 11) is 0. The van der Waals surface area contributed by atoms with Gasteiger partial charge in [0.25, 0.3) is 5.69 Å². The zero-order chi connectivity index (χ0) is 13.8. The van der Waals surface area contributed by atoms with Gasteiger partial charge in [-0.05, 0) is 31.5 Å². The molecule has 0 aliphatic rings. The summed E-state index contributed by atoms with van der Waals surface area (Å²) in [6.07, 6.45) is 1.89. The normalized spacial score (nSPS) is 10.4. The quantitative estimate of drug-likeness (QED) is 0.662. The van der Waals surface area contributed by atoms with Crippen molar-refractivity contribution in [2.24, 2.45) is 0 Å². The Bertz CT molecular complexity index is 592. The van der Waals surface area contributed by atoms with E-state index in [-0.39, 0.29) is 10.6 Å². The van der Waals surface area contributed by atoms with Crippen molar-refractivity contribution >= 4 is 11.4 Å². The van der Waals surface area contributed by atoms with Crippen LogP contribution in [0.1, 0.15) is 18.2 Å². The van der Waals surface area contributed by atoms with Crippen LogP contribution in [0.2, 0.25) is 0 Å². The Kier molecular flexibility index (Phi) is 3.79. The Balaban J connectivity index is 2.14. The van der Waals surface area contributed by atoms with E-state index in [2.05, 4.69) is 10.4 Å². The molecule has 0 aliphatic heterocycles. The van der Waals surface area contributed by atoms with Gasteiger partial charge in [-0.2, -0.15) is 5.10 Å². The van der Waals surface area contributed by atoms with Crippen molar-refractivity contribution in [3.63, 3.8) is 0 Å². The first-order chi connectivity index (χ1) is 9.10. The molecule has 0 atom stereocenters. The van der Waals surface area contributed by atoms with E-state index in [1.807, 2.05) is 30.8 Å². The number of hydrogen-bond donors (Lipinski definition) is 1. The van der Waals surface area contributed by atoms with E-state index < -0.39 is 0 Å². The average Bonchev–Trinajstić information content (AvgIpc) is 2.84. The lowest BCUT2D eigenvalue weighted by Crippen LogP contribution is -2.04. The second-order valence-corrected chi connectivity index (χ2v) is 4.29. The van der Waals surface area contributed by atoms with Gasteiger partial charge in [-0.1, -0.05) is 6.07 Å². The molecule has 1 heterocycles. The molecule has 6 nitrogen and oxygen atoms in total. The number of hydrogen-bond acceptors (Lipinski definition) is 4. The summed E-state index contributed by atoms with van der Waals surface area (Å²) in [6.45, 7) is 5.19. The largest absolute Gasteiger partial charge is 0.374 e. The first kappa shape index (κ1) is 13.1. The van der Waals surface area contributed by atoms with E-state index >= 15 is 0 Å². The number of rotatable bonds is 5. The summed E-state index contributed by atoms with van der Waals surface area (Å²) < 4.78 is 1.82. The third kappa shape index (κ3) is 3.09. The molecule has 19 heavy (non-hydrogen) atoms. The maximum atomic E-state index is 10.9. The van der Waals surface area contributed by atoms with Gasteiger partial charge in [0, 0.05) is 18.8 Å². The fourth-order valence-corrected chi connectivity index (χ4v) is 1.81. The maximum Gasteiger partial charge on any atom is 0.292 e. The minimum absolute atomic E-state index is 0.0838. The molecular formula is C13H16N4O2. The van der Waals surface area contributed by atoms with E-state index in [0.29, 0.717) is 12.2 Å². The molecule has 1 aromatic carbocycles. The zero-order valence-corrected chi connectivity index (χ0v) is 11.0. The lowest BCUT2D eigenvalue weighted by Gasteiger charge is -2.06. The molecular weight excluding hydrogens is 244 g/mol. The number of nitro groups is 1. The molecule has 6 heteroatoms. The molecule has 2 aromatic rings. The van der Waals surface area contributed by atoms with Crippen molar-refractivity contribution in [3.05, 3.63) is 51.8 Å². The van der Waals surface area contributed by atoms with Crippen LogP contribution in [0.3, 0.4) is 0 Å². The Morgan fingerprint density at radius 2 is 2.21 bits per heavy atom. The summed E-state index contributed by atoms with van der Waals surface area (Å²) >= 11 is 0.